The molecule has 0 spiro atoms. The lowest BCUT2D eigenvalue weighted by atomic mass is 9.66. The average molecular weight is 1450 g/mol. The lowest BCUT2D eigenvalue weighted by Gasteiger charge is -2.42. The Labute approximate surface area is 640 Å². The van der Waals surface area contributed by atoms with Gasteiger partial charge in [0.05, 0.1) is 24.4 Å². The van der Waals surface area contributed by atoms with Gasteiger partial charge < -0.3 is 44.3 Å². The van der Waals surface area contributed by atoms with Crippen LogP contribution in [-0.4, -0.2) is 182 Å². The highest BCUT2D eigenvalue weighted by Crippen LogP contribution is 2.44. The summed E-state index contributed by atoms with van der Waals surface area (Å²) < 4.78 is 5.45. The molecule has 1 unspecified atom stereocenters. The van der Waals surface area contributed by atoms with E-state index in [2.05, 4.69) is 243 Å². The van der Waals surface area contributed by atoms with E-state index in [0.29, 0.717) is 103 Å². The van der Waals surface area contributed by atoms with Crippen molar-refractivity contribution >= 4 is 17.7 Å². The number of carbonyl (C=O) groups is 3. The first-order valence-electron chi connectivity index (χ1n) is 41.7. The molecular formula is C90H177N7O6. The summed E-state index contributed by atoms with van der Waals surface area (Å²) in [6.45, 7) is 83.3. The molecule has 13 nitrogen and oxygen atoms in total. The van der Waals surface area contributed by atoms with Crippen LogP contribution < -0.4 is 0 Å². The number of methoxy groups -OCH3 is 1. The molecule has 6 heterocycles. The molecule has 2 saturated carbocycles. The number of β-amino-alcohol motifs (C(OH)–C–C–N with tert-alkyl or cyclic N) is 2. The molecule has 17 atom stereocenters. The lowest BCUT2D eigenvalue weighted by Crippen LogP contribution is -2.45. The number of amides is 3. The van der Waals surface area contributed by atoms with Crippen LogP contribution in [0.3, 0.4) is 0 Å². The molecule has 6 aliphatic heterocycles. The van der Waals surface area contributed by atoms with Crippen LogP contribution in [0.15, 0.2) is 0 Å². The summed E-state index contributed by atoms with van der Waals surface area (Å²) in [5, 5.41) is 28.1. The number of hydrogen-bond acceptors (Lipinski definition) is 10. The van der Waals surface area contributed by atoms with Gasteiger partial charge >= 0.3 is 0 Å². The number of rotatable bonds is 1. The first-order valence-corrected chi connectivity index (χ1v) is 41.7. The van der Waals surface area contributed by atoms with Gasteiger partial charge in [0, 0.05) is 112 Å². The zero-order chi connectivity index (χ0) is 80.1. The molecule has 0 aromatic rings. The van der Waals surface area contributed by atoms with Gasteiger partial charge in [0.1, 0.15) is 0 Å². The number of likely N-dealkylation sites (N-methyl/N-ethyl adjacent to an activating group) is 3. The summed E-state index contributed by atoms with van der Waals surface area (Å²) in [6, 6.07) is 2.44. The Balaban J connectivity index is 0.000000589. The van der Waals surface area contributed by atoms with Crippen molar-refractivity contribution in [2.24, 2.45) is 126 Å². The second-order valence-corrected chi connectivity index (χ2v) is 44.2. The number of hydrogen-bond donors (Lipinski definition) is 2. The second kappa shape index (κ2) is 42.7. The van der Waals surface area contributed by atoms with Gasteiger partial charge in [-0.2, -0.15) is 5.26 Å². The normalized spacial score (nSPS) is 31.9. The first-order chi connectivity index (χ1) is 46.6. The van der Waals surface area contributed by atoms with Crippen molar-refractivity contribution in [3.05, 3.63) is 0 Å². The maximum Gasteiger partial charge on any atom is 0.219 e. The Bertz CT molecular complexity index is 2270. The van der Waals surface area contributed by atoms with Crippen molar-refractivity contribution in [1.29, 1.82) is 5.26 Å². The van der Waals surface area contributed by atoms with Crippen LogP contribution in [0.1, 0.15) is 305 Å². The third-order valence-corrected chi connectivity index (χ3v) is 25.3. The molecule has 0 aromatic heterocycles. The van der Waals surface area contributed by atoms with Crippen LogP contribution in [0.2, 0.25) is 0 Å². The van der Waals surface area contributed by atoms with Gasteiger partial charge in [-0.05, 0) is 212 Å². The van der Waals surface area contributed by atoms with Crippen molar-refractivity contribution < 1.29 is 29.3 Å². The fourth-order valence-corrected chi connectivity index (χ4v) is 17.2. The van der Waals surface area contributed by atoms with Crippen LogP contribution in [0.25, 0.3) is 0 Å². The Hall–Kier alpha value is -2.34. The zero-order valence-corrected chi connectivity index (χ0v) is 75.2. The zero-order valence-electron chi connectivity index (χ0n) is 75.2. The van der Waals surface area contributed by atoms with E-state index in [1.165, 1.54) is 64.3 Å². The first kappa shape index (κ1) is 98.7. The maximum atomic E-state index is 11.3. The van der Waals surface area contributed by atoms with Gasteiger partial charge in [-0.3, -0.25) is 14.4 Å². The second-order valence-electron chi connectivity index (χ2n) is 44.2. The Morgan fingerprint density at radius 2 is 0.602 bits per heavy atom. The van der Waals surface area contributed by atoms with E-state index in [0.717, 1.165) is 127 Å². The summed E-state index contributed by atoms with van der Waals surface area (Å²) in [6.07, 6.45) is 16.5. The van der Waals surface area contributed by atoms with Gasteiger partial charge in [-0.1, -0.05) is 214 Å². The largest absolute Gasteiger partial charge is 0.392 e. The van der Waals surface area contributed by atoms with Crippen molar-refractivity contribution in [2.45, 2.75) is 323 Å². The summed E-state index contributed by atoms with van der Waals surface area (Å²) >= 11 is 0. The average Bonchev–Trinajstić information content (AvgIpc) is 0.830. The summed E-state index contributed by atoms with van der Waals surface area (Å²) in [7, 11) is 8.18. The van der Waals surface area contributed by atoms with Crippen molar-refractivity contribution in [3.63, 3.8) is 0 Å². The molecule has 103 heavy (non-hydrogen) atoms. The lowest BCUT2D eigenvalue weighted by molar-refractivity contribution is -0.133. The summed E-state index contributed by atoms with van der Waals surface area (Å²) in [4.78, 5) is 46.9. The van der Waals surface area contributed by atoms with Crippen molar-refractivity contribution in [1.82, 2.24) is 29.4 Å². The SMILES string of the molecule is CC(=O)N1C[C@@H](C)C[C@H](C(C)(C)C)C1.CC(=O)N1C[C@H](C)C[C@@H](C(C)(C)C)C1.CC(=O)N1C[C@H](C)C[C@H](C(C)(C)C)C1.CC1C[C@@H](C#N)C[C@@H](C(C)(C)C)C1.CN1C[C@@H](O)C[C@@H](C(C)(C)C)C1.CN1C[C@H](O)C[C@H](C(C)(C)C)C1.CO[C@@H]1C[C@H](C(C)(C)C)CN(C)C1.C[C@H]1CCC[C@H](C(C)(C)C)C1. The number of aliphatic hydroxyl groups is 2. The number of aliphatic hydroxyl groups excluding tert-OH is 2. The van der Waals surface area contributed by atoms with Gasteiger partial charge in [0.15, 0.2) is 0 Å². The fraction of sp³-hybridized carbons (Fsp3) is 0.956. The molecule has 2 aliphatic carbocycles. The van der Waals surface area contributed by atoms with Gasteiger partial charge in [-0.25, -0.2) is 0 Å². The standard InChI is InChI=1S/3C12H23NO.C12H21N.C11H23NO.C11H22.2C10H21NO/c3*1-9-6-11(12(3,4)5)8-13(7-9)10(2)14;1-9-5-10(8-13)7-11(6-9)12(2,3)4;1-11(2,3)9-6-10(13-5)8-12(4)7-9;1-9-6-5-7-10(8-9)11(2,3)4;2*1-10(2,3)8-5-9(12)7-11(4)6-8/h3*9,11H,6-8H2,1-5H3;9-11H,5-7H2,1-4H3;9-10H,6-8H2,1-5H3;9-10H,5-8H2,1-4H3;2*8-9,12H,5-7H2,1-4H3/t9-,11+;2*9-,11-;9?,10-,11+;9-,10+;9-,10-;2*8-,9+/m11010010/s1. The molecule has 13 heteroatoms. The van der Waals surface area contributed by atoms with E-state index < -0.39 is 0 Å². The number of nitriles is 1. The molecule has 0 aromatic carbocycles. The minimum atomic E-state index is -0.118. The number of ether oxygens (including phenoxy) is 1. The fourth-order valence-electron chi connectivity index (χ4n) is 17.2. The predicted molar refractivity (Wildman–Crippen MR) is 441 cm³/mol. The number of nitrogens with zero attached hydrogens (tertiary/aromatic N) is 7. The minimum Gasteiger partial charge on any atom is -0.392 e. The van der Waals surface area contributed by atoms with Crippen molar-refractivity contribution in [3.8, 4) is 6.07 Å². The smallest absolute Gasteiger partial charge is 0.219 e. The van der Waals surface area contributed by atoms with E-state index in [-0.39, 0.29) is 29.9 Å². The van der Waals surface area contributed by atoms with E-state index in [1.807, 2.05) is 21.8 Å². The van der Waals surface area contributed by atoms with Crippen LogP contribution >= 0.6 is 0 Å². The minimum absolute atomic E-state index is 0.118. The van der Waals surface area contributed by atoms with Gasteiger partial charge in [0.2, 0.25) is 17.7 Å². The van der Waals surface area contributed by atoms with Gasteiger partial charge in [0.25, 0.3) is 0 Å². The third kappa shape index (κ3) is 39.2. The van der Waals surface area contributed by atoms with E-state index >= 15 is 0 Å². The van der Waals surface area contributed by atoms with Crippen LogP contribution in [0.4, 0.5) is 0 Å². The Morgan fingerprint density at radius 3 is 0.854 bits per heavy atom. The molecule has 2 N–H and O–H groups in total. The molecule has 608 valence electrons. The van der Waals surface area contributed by atoms with Crippen LogP contribution in [0, 0.1) is 138 Å². The highest BCUT2D eigenvalue weighted by atomic mass is 16.5. The number of likely N-dealkylation sites (tertiary alicyclic amines) is 6. The molecule has 0 bridgehead atoms. The quantitative estimate of drug-likeness (QED) is 0.260. The van der Waals surface area contributed by atoms with Crippen LogP contribution in [-0.2, 0) is 19.1 Å². The molecule has 8 aliphatic rings. The predicted octanol–water partition coefficient (Wildman–Crippen LogP) is 19.8. The molecule has 8 fully saturated rings. The van der Waals surface area contributed by atoms with Crippen LogP contribution in [0.5, 0.6) is 0 Å². The maximum absolute atomic E-state index is 11.3. The van der Waals surface area contributed by atoms with E-state index in [1.54, 1.807) is 20.8 Å². The molecular weight excluding hydrogens is 1280 g/mol. The van der Waals surface area contributed by atoms with Gasteiger partial charge in [-0.15, -0.1) is 0 Å². The Morgan fingerprint density at radius 1 is 0.330 bits per heavy atom. The highest BCUT2D eigenvalue weighted by Gasteiger charge is 2.40. The molecule has 3 amide bonds. The Kier molecular flexibility index (Phi) is 40.9. The number of piperidine rings is 6. The monoisotopic (exact) mass is 1450 g/mol. The summed E-state index contributed by atoms with van der Waals surface area (Å²) in [5.74, 6) is 10.3. The van der Waals surface area contributed by atoms with E-state index in [9.17, 15) is 24.6 Å². The summed E-state index contributed by atoms with van der Waals surface area (Å²) in [5.41, 5.74) is 2.96. The highest BCUT2D eigenvalue weighted by molar-refractivity contribution is 5.74. The van der Waals surface area contributed by atoms with E-state index in [4.69, 9.17) is 10.00 Å². The topological polar surface area (TPSA) is 144 Å². The molecule has 0 radical (unpaired) electrons. The van der Waals surface area contributed by atoms with Crippen molar-refractivity contribution in [2.75, 3.05) is 107 Å². The third-order valence-electron chi connectivity index (χ3n) is 25.3. The number of carbonyl (C=O) groups excluding carboxylic acids is 3. The molecule has 8 rings (SSSR count). The molecule has 6 saturated heterocycles.